The molecule has 2 heterocycles. The third-order valence-electron chi connectivity index (χ3n) is 5.29. The quantitative estimate of drug-likeness (QED) is 0.589. The zero-order valence-electron chi connectivity index (χ0n) is 15.3. The van der Waals surface area contributed by atoms with Crippen LogP contribution in [0.5, 0.6) is 5.88 Å². The summed E-state index contributed by atoms with van der Waals surface area (Å²) in [7, 11) is 1.59. The van der Waals surface area contributed by atoms with Crippen molar-refractivity contribution in [2.24, 2.45) is 5.73 Å². The first-order valence-electron chi connectivity index (χ1n) is 9.18. The van der Waals surface area contributed by atoms with Gasteiger partial charge in [-0.3, -0.25) is 0 Å². The van der Waals surface area contributed by atoms with Gasteiger partial charge in [0.05, 0.1) is 18.8 Å². The van der Waals surface area contributed by atoms with E-state index < -0.39 is 12.2 Å². The molecule has 0 saturated heterocycles. The van der Waals surface area contributed by atoms with E-state index in [4.69, 9.17) is 15.5 Å². The second-order valence-corrected chi connectivity index (χ2v) is 6.98. The predicted octanol–water partition coefficient (Wildman–Crippen LogP) is 3.97. The van der Waals surface area contributed by atoms with Gasteiger partial charge in [-0.25, -0.2) is 13.9 Å². The van der Waals surface area contributed by atoms with E-state index in [9.17, 15) is 4.39 Å². The maximum atomic E-state index is 14.1. The fourth-order valence-electron chi connectivity index (χ4n) is 3.87. The Morgan fingerprint density at radius 1 is 1.07 bits per heavy atom. The van der Waals surface area contributed by atoms with E-state index in [1.807, 2.05) is 54.6 Å². The molecule has 2 aromatic heterocycles. The van der Waals surface area contributed by atoms with Gasteiger partial charge >= 0.3 is 0 Å². The SMILES string of the molecule is COc1ccc2nc(-c3ccc4c(c3)CC(F)[C@@H]4N)c(-c3ccccc3)n2n1. The van der Waals surface area contributed by atoms with Crippen LogP contribution in [0.1, 0.15) is 17.2 Å². The van der Waals surface area contributed by atoms with Crippen molar-refractivity contribution in [3.8, 4) is 28.4 Å². The predicted molar refractivity (Wildman–Crippen MR) is 106 cm³/mol. The number of nitrogens with two attached hydrogens (primary N) is 1. The number of hydrogen-bond acceptors (Lipinski definition) is 4. The number of halogens is 1. The van der Waals surface area contributed by atoms with E-state index in [2.05, 4.69) is 5.10 Å². The van der Waals surface area contributed by atoms with E-state index in [1.165, 1.54) is 0 Å². The Kier molecular flexibility index (Phi) is 3.87. The normalized spacial score (nSPS) is 18.4. The third-order valence-corrected chi connectivity index (χ3v) is 5.29. The van der Waals surface area contributed by atoms with Gasteiger partial charge in [-0.2, -0.15) is 0 Å². The van der Waals surface area contributed by atoms with Gasteiger partial charge in [0.15, 0.2) is 5.65 Å². The van der Waals surface area contributed by atoms with Crippen molar-refractivity contribution >= 4 is 5.65 Å². The van der Waals surface area contributed by atoms with Gasteiger partial charge in [-0.1, -0.05) is 42.5 Å². The number of benzene rings is 2. The van der Waals surface area contributed by atoms with Crippen LogP contribution in [0.4, 0.5) is 4.39 Å². The lowest BCUT2D eigenvalue weighted by Gasteiger charge is -2.09. The molecule has 5 rings (SSSR count). The molecule has 2 aromatic carbocycles. The first kappa shape index (κ1) is 16.9. The molecule has 5 nitrogen and oxygen atoms in total. The molecule has 2 N–H and O–H groups in total. The van der Waals surface area contributed by atoms with Crippen molar-refractivity contribution in [3.63, 3.8) is 0 Å². The first-order valence-corrected chi connectivity index (χ1v) is 9.18. The Morgan fingerprint density at radius 2 is 1.89 bits per heavy atom. The van der Waals surface area contributed by atoms with Crippen LogP contribution in [-0.2, 0) is 6.42 Å². The molecule has 6 heteroatoms. The summed E-state index contributed by atoms with van der Waals surface area (Å²) in [5.41, 5.74) is 12.1. The molecule has 0 spiro atoms. The lowest BCUT2D eigenvalue weighted by Crippen LogP contribution is -2.17. The molecular formula is C22H19FN4O. The topological polar surface area (TPSA) is 65.4 Å². The van der Waals surface area contributed by atoms with Gasteiger partial charge in [0.2, 0.25) is 5.88 Å². The molecule has 140 valence electrons. The van der Waals surface area contributed by atoms with Crippen LogP contribution in [-0.4, -0.2) is 27.9 Å². The van der Waals surface area contributed by atoms with E-state index in [0.29, 0.717) is 12.3 Å². The summed E-state index contributed by atoms with van der Waals surface area (Å²) in [5, 5.41) is 4.56. The Labute approximate surface area is 161 Å². The number of hydrogen-bond donors (Lipinski definition) is 1. The van der Waals surface area contributed by atoms with Crippen LogP contribution in [0.25, 0.3) is 28.2 Å². The van der Waals surface area contributed by atoms with E-state index in [1.54, 1.807) is 17.7 Å². The summed E-state index contributed by atoms with van der Waals surface area (Å²) in [4.78, 5) is 4.82. The summed E-state index contributed by atoms with van der Waals surface area (Å²) in [6.07, 6.45) is -0.699. The van der Waals surface area contributed by atoms with Crippen molar-refractivity contribution in [1.82, 2.24) is 14.6 Å². The van der Waals surface area contributed by atoms with Crippen LogP contribution in [0.15, 0.2) is 60.7 Å². The van der Waals surface area contributed by atoms with Gasteiger partial charge in [-0.15, -0.1) is 5.10 Å². The highest BCUT2D eigenvalue weighted by Crippen LogP contribution is 2.37. The number of aromatic nitrogens is 3. The molecule has 28 heavy (non-hydrogen) atoms. The van der Waals surface area contributed by atoms with E-state index in [-0.39, 0.29) is 0 Å². The largest absolute Gasteiger partial charge is 0.480 e. The molecule has 4 aromatic rings. The molecule has 2 atom stereocenters. The van der Waals surface area contributed by atoms with Gasteiger partial charge in [-0.05, 0) is 23.3 Å². The standard InChI is InChI=1S/C22H19FN4O/c1-28-19-10-9-18-25-21(22(27(18)26-19)13-5-3-2-4-6-13)14-7-8-16-15(11-14)12-17(23)20(16)24/h2-11,17,20H,12,24H2,1H3/t17?,20-/m1/s1. The van der Waals surface area contributed by atoms with Crippen LogP contribution in [0.3, 0.4) is 0 Å². The average molecular weight is 374 g/mol. The molecule has 1 aliphatic carbocycles. The van der Waals surface area contributed by atoms with Crippen molar-refractivity contribution in [3.05, 3.63) is 71.8 Å². The van der Waals surface area contributed by atoms with Crippen molar-refractivity contribution in [2.75, 3.05) is 7.11 Å². The van der Waals surface area contributed by atoms with E-state index in [0.717, 1.165) is 39.3 Å². The van der Waals surface area contributed by atoms with Crippen LogP contribution < -0.4 is 10.5 Å². The monoisotopic (exact) mass is 374 g/mol. The zero-order chi connectivity index (χ0) is 19.3. The van der Waals surface area contributed by atoms with Gasteiger partial charge in [0.1, 0.15) is 11.9 Å². The number of ether oxygens (including phenoxy) is 1. The molecule has 0 aliphatic heterocycles. The number of nitrogens with zero attached hydrogens (tertiary/aromatic N) is 3. The second-order valence-electron chi connectivity index (χ2n) is 6.98. The third kappa shape index (κ3) is 2.57. The number of fused-ring (bicyclic) bond motifs is 2. The second kappa shape index (κ2) is 6.42. The summed E-state index contributed by atoms with van der Waals surface area (Å²) >= 11 is 0. The van der Waals surface area contributed by atoms with Crippen LogP contribution in [0.2, 0.25) is 0 Å². The summed E-state index contributed by atoms with van der Waals surface area (Å²) in [6.45, 7) is 0. The molecule has 0 bridgehead atoms. The van der Waals surface area contributed by atoms with Crippen LogP contribution in [0, 0.1) is 0 Å². The minimum atomic E-state index is -1.04. The van der Waals surface area contributed by atoms with E-state index >= 15 is 0 Å². The molecule has 0 fully saturated rings. The maximum Gasteiger partial charge on any atom is 0.231 e. The summed E-state index contributed by atoms with van der Waals surface area (Å²) < 4.78 is 21.2. The molecule has 0 amide bonds. The molecule has 1 unspecified atom stereocenters. The average Bonchev–Trinajstić information content (AvgIpc) is 3.25. The molecule has 0 radical (unpaired) electrons. The maximum absolute atomic E-state index is 14.1. The van der Waals surface area contributed by atoms with Crippen LogP contribution >= 0.6 is 0 Å². The smallest absolute Gasteiger partial charge is 0.231 e. The number of imidazole rings is 1. The number of methoxy groups -OCH3 is 1. The molecular weight excluding hydrogens is 355 g/mol. The lowest BCUT2D eigenvalue weighted by molar-refractivity contribution is 0.303. The fraction of sp³-hybridized carbons (Fsp3) is 0.182. The Bertz CT molecular complexity index is 1170. The van der Waals surface area contributed by atoms with Crippen molar-refractivity contribution in [2.45, 2.75) is 18.6 Å². The highest BCUT2D eigenvalue weighted by atomic mass is 19.1. The minimum Gasteiger partial charge on any atom is -0.480 e. The summed E-state index contributed by atoms with van der Waals surface area (Å²) in [5.74, 6) is 0.508. The highest BCUT2D eigenvalue weighted by Gasteiger charge is 2.30. The molecule has 1 aliphatic rings. The zero-order valence-corrected chi connectivity index (χ0v) is 15.3. The van der Waals surface area contributed by atoms with Crippen molar-refractivity contribution < 1.29 is 9.13 Å². The Hall–Kier alpha value is -3.25. The van der Waals surface area contributed by atoms with Gasteiger partial charge in [0.25, 0.3) is 0 Å². The Balaban J connectivity index is 1.75. The summed E-state index contributed by atoms with van der Waals surface area (Å²) in [6, 6.07) is 19.0. The highest BCUT2D eigenvalue weighted by molar-refractivity contribution is 5.82. The Morgan fingerprint density at radius 3 is 2.68 bits per heavy atom. The number of alkyl halides is 1. The fourth-order valence-corrected chi connectivity index (χ4v) is 3.87. The van der Waals surface area contributed by atoms with Crippen molar-refractivity contribution in [1.29, 1.82) is 0 Å². The minimum absolute atomic E-state index is 0.338. The van der Waals surface area contributed by atoms with Gasteiger partial charge in [0, 0.05) is 23.6 Å². The first-order chi connectivity index (χ1) is 13.7. The number of rotatable bonds is 3. The lowest BCUT2D eigenvalue weighted by atomic mass is 10.0. The van der Waals surface area contributed by atoms with Gasteiger partial charge < -0.3 is 10.5 Å². The molecule has 0 saturated carbocycles.